The number of Topliss-reactive ketones (excluding diaryl/α,β-unsaturated/α-hetero) is 1. The standard InChI is InChI=1S/C23H32N2O4/c1-21(2)15-19(26)22(14-18-6-4-3-5-7-18)16-20(27)25(23(22,28)17-21)9-8-24-10-12-29-13-11-24/h3-7,28H,8-17H2,1-2H3. The minimum absolute atomic E-state index is 0.0160. The van der Waals surface area contributed by atoms with Crippen molar-refractivity contribution in [2.45, 2.75) is 45.3 Å². The Labute approximate surface area is 172 Å². The first-order valence-electron chi connectivity index (χ1n) is 10.7. The highest BCUT2D eigenvalue weighted by Gasteiger charge is 2.69. The Morgan fingerprint density at radius 2 is 1.72 bits per heavy atom. The minimum atomic E-state index is -1.44. The van der Waals surface area contributed by atoms with Crippen LogP contribution in [0.2, 0.25) is 0 Å². The van der Waals surface area contributed by atoms with E-state index in [1.165, 1.54) is 0 Å². The molecule has 1 amide bonds. The summed E-state index contributed by atoms with van der Waals surface area (Å²) in [5.41, 5.74) is -1.85. The van der Waals surface area contributed by atoms with Gasteiger partial charge in [-0.2, -0.15) is 0 Å². The van der Waals surface area contributed by atoms with Gasteiger partial charge in [-0.15, -0.1) is 0 Å². The molecule has 2 aliphatic heterocycles. The summed E-state index contributed by atoms with van der Waals surface area (Å²) in [6, 6.07) is 9.77. The lowest BCUT2D eigenvalue weighted by atomic mass is 9.57. The highest BCUT2D eigenvalue weighted by Crippen LogP contribution is 2.57. The molecule has 3 fully saturated rings. The van der Waals surface area contributed by atoms with Gasteiger partial charge in [0.05, 0.1) is 18.6 Å². The molecule has 1 aromatic carbocycles. The molecule has 1 N–H and O–H groups in total. The molecule has 158 valence electrons. The zero-order valence-electron chi connectivity index (χ0n) is 17.5. The number of morpholine rings is 1. The van der Waals surface area contributed by atoms with Crippen LogP contribution in [0.5, 0.6) is 0 Å². The maximum atomic E-state index is 13.5. The number of hydrogen-bond donors (Lipinski definition) is 1. The van der Waals surface area contributed by atoms with Crippen LogP contribution >= 0.6 is 0 Å². The highest BCUT2D eigenvalue weighted by atomic mass is 16.5. The quantitative estimate of drug-likeness (QED) is 0.817. The van der Waals surface area contributed by atoms with E-state index < -0.39 is 11.1 Å². The molecule has 6 heteroatoms. The number of rotatable bonds is 5. The van der Waals surface area contributed by atoms with E-state index in [1.807, 2.05) is 44.2 Å². The summed E-state index contributed by atoms with van der Waals surface area (Å²) in [6.45, 7) is 8.21. The number of carbonyl (C=O) groups is 2. The highest BCUT2D eigenvalue weighted by molar-refractivity contribution is 5.96. The van der Waals surface area contributed by atoms with Crippen LogP contribution in [0.15, 0.2) is 30.3 Å². The van der Waals surface area contributed by atoms with Gasteiger partial charge in [-0.1, -0.05) is 44.2 Å². The van der Waals surface area contributed by atoms with Crippen LogP contribution in [0.3, 0.4) is 0 Å². The normalized spacial score (nSPS) is 32.4. The van der Waals surface area contributed by atoms with Crippen LogP contribution in [-0.4, -0.2) is 71.7 Å². The molecule has 29 heavy (non-hydrogen) atoms. The molecule has 1 aromatic rings. The van der Waals surface area contributed by atoms with Crippen molar-refractivity contribution in [2.24, 2.45) is 10.8 Å². The Hall–Kier alpha value is -1.76. The van der Waals surface area contributed by atoms with Gasteiger partial charge in [-0.25, -0.2) is 0 Å². The van der Waals surface area contributed by atoms with Gasteiger partial charge in [0.2, 0.25) is 5.91 Å². The van der Waals surface area contributed by atoms with E-state index in [0.29, 0.717) is 45.6 Å². The Morgan fingerprint density at radius 3 is 2.41 bits per heavy atom. The fraction of sp³-hybridized carbons (Fsp3) is 0.652. The predicted molar refractivity (Wildman–Crippen MR) is 109 cm³/mol. The lowest BCUT2D eigenvalue weighted by molar-refractivity contribution is -0.201. The molecule has 0 aromatic heterocycles. The van der Waals surface area contributed by atoms with E-state index in [-0.39, 0.29) is 23.5 Å². The molecular formula is C23H32N2O4. The van der Waals surface area contributed by atoms with Crippen LogP contribution < -0.4 is 0 Å². The number of aliphatic hydroxyl groups is 1. The number of likely N-dealkylation sites (tertiary alicyclic amines) is 1. The second-order valence-corrected chi connectivity index (χ2v) is 9.68. The third-order valence-electron chi connectivity index (χ3n) is 6.96. The van der Waals surface area contributed by atoms with Crippen LogP contribution in [0, 0.1) is 10.8 Å². The average Bonchev–Trinajstić information content (AvgIpc) is 2.87. The summed E-state index contributed by atoms with van der Waals surface area (Å²) in [5.74, 6) is -0.0925. The van der Waals surface area contributed by atoms with Gasteiger partial charge in [-0.05, 0) is 17.4 Å². The van der Waals surface area contributed by atoms with Gasteiger partial charge in [0.15, 0.2) is 5.72 Å². The fourth-order valence-electron chi connectivity index (χ4n) is 5.50. The number of hydrogen-bond acceptors (Lipinski definition) is 5. The van der Waals surface area contributed by atoms with E-state index in [2.05, 4.69) is 4.90 Å². The SMILES string of the molecule is CC1(C)CC(=O)C2(Cc3ccccc3)CC(=O)N(CCN3CCOCC3)C2(O)C1. The number of ether oxygens (including phenoxy) is 1. The van der Waals surface area contributed by atoms with Gasteiger partial charge in [-0.3, -0.25) is 14.5 Å². The molecule has 1 aliphatic carbocycles. The fourth-order valence-corrected chi connectivity index (χ4v) is 5.50. The molecule has 2 unspecified atom stereocenters. The summed E-state index contributed by atoms with van der Waals surface area (Å²) in [4.78, 5) is 30.5. The lowest BCUT2D eigenvalue weighted by Gasteiger charge is -2.52. The number of amides is 1. The van der Waals surface area contributed by atoms with Crippen molar-refractivity contribution >= 4 is 11.7 Å². The first-order chi connectivity index (χ1) is 13.8. The molecular weight excluding hydrogens is 368 g/mol. The first-order valence-corrected chi connectivity index (χ1v) is 10.7. The molecule has 1 saturated carbocycles. The van der Waals surface area contributed by atoms with E-state index in [9.17, 15) is 14.7 Å². The maximum absolute atomic E-state index is 13.5. The van der Waals surface area contributed by atoms with Gasteiger partial charge < -0.3 is 14.7 Å². The zero-order valence-corrected chi connectivity index (χ0v) is 17.5. The molecule has 0 spiro atoms. The first kappa shape index (κ1) is 20.5. The topological polar surface area (TPSA) is 70.1 Å². The van der Waals surface area contributed by atoms with Crippen LogP contribution in [-0.2, 0) is 20.7 Å². The lowest BCUT2D eigenvalue weighted by Crippen LogP contribution is -2.64. The summed E-state index contributed by atoms with van der Waals surface area (Å²) >= 11 is 0. The zero-order chi connectivity index (χ0) is 20.7. The largest absolute Gasteiger partial charge is 0.379 e. The third kappa shape index (κ3) is 3.62. The van der Waals surface area contributed by atoms with Gasteiger partial charge >= 0.3 is 0 Å². The van der Waals surface area contributed by atoms with E-state index in [0.717, 1.165) is 18.7 Å². The van der Waals surface area contributed by atoms with E-state index in [1.54, 1.807) is 4.90 Å². The van der Waals surface area contributed by atoms with E-state index >= 15 is 0 Å². The average molecular weight is 401 g/mol. The van der Waals surface area contributed by atoms with Crippen molar-refractivity contribution in [1.29, 1.82) is 0 Å². The number of nitrogens with zero attached hydrogens (tertiary/aromatic N) is 2. The maximum Gasteiger partial charge on any atom is 0.226 e. The van der Waals surface area contributed by atoms with Gasteiger partial charge in [0, 0.05) is 45.4 Å². The molecule has 2 saturated heterocycles. The van der Waals surface area contributed by atoms with Crippen molar-refractivity contribution in [3.63, 3.8) is 0 Å². The Kier molecular flexibility index (Phi) is 5.30. The van der Waals surface area contributed by atoms with Crippen LogP contribution in [0.4, 0.5) is 0 Å². The minimum Gasteiger partial charge on any atom is -0.379 e. The summed E-state index contributed by atoms with van der Waals surface area (Å²) in [5, 5.41) is 12.0. The van der Waals surface area contributed by atoms with Gasteiger partial charge in [0.25, 0.3) is 0 Å². The summed E-state index contributed by atoms with van der Waals surface area (Å²) in [6.07, 6.45) is 1.32. The summed E-state index contributed by atoms with van der Waals surface area (Å²) in [7, 11) is 0. The van der Waals surface area contributed by atoms with E-state index in [4.69, 9.17) is 4.74 Å². The molecule has 2 atom stereocenters. The number of carbonyl (C=O) groups excluding carboxylic acids is 2. The third-order valence-corrected chi connectivity index (χ3v) is 6.96. The van der Waals surface area contributed by atoms with Crippen molar-refractivity contribution < 1.29 is 19.4 Å². The molecule has 6 nitrogen and oxygen atoms in total. The predicted octanol–water partition coefficient (Wildman–Crippen LogP) is 1.86. The number of benzene rings is 1. The smallest absolute Gasteiger partial charge is 0.226 e. The Morgan fingerprint density at radius 1 is 1.03 bits per heavy atom. The van der Waals surface area contributed by atoms with Crippen molar-refractivity contribution in [3.05, 3.63) is 35.9 Å². The monoisotopic (exact) mass is 400 g/mol. The molecule has 4 rings (SSSR count). The molecule has 3 aliphatic rings. The summed E-state index contributed by atoms with van der Waals surface area (Å²) < 4.78 is 5.41. The van der Waals surface area contributed by atoms with Crippen molar-refractivity contribution in [2.75, 3.05) is 39.4 Å². The molecule has 2 heterocycles. The second-order valence-electron chi connectivity index (χ2n) is 9.68. The second kappa shape index (κ2) is 7.49. The van der Waals surface area contributed by atoms with Crippen molar-refractivity contribution in [3.8, 4) is 0 Å². The number of ketones is 1. The van der Waals surface area contributed by atoms with Crippen LogP contribution in [0.25, 0.3) is 0 Å². The van der Waals surface area contributed by atoms with Gasteiger partial charge in [0.1, 0.15) is 5.78 Å². The Balaban J connectivity index is 1.65. The number of fused-ring (bicyclic) bond motifs is 1. The Bertz CT molecular complexity index is 774. The van der Waals surface area contributed by atoms with Crippen molar-refractivity contribution in [1.82, 2.24) is 9.80 Å². The van der Waals surface area contributed by atoms with Crippen LogP contribution in [0.1, 0.15) is 38.7 Å². The molecule has 0 radical (unpaired) electrons. The molecule has 0 bridgehead atoms.